The maximum Gasteiger partial charge on any atom is 0.434 e. The van der Waals surface area contributed by atoms with Crippen molar-refractivity contribution in [3.8, 4) is 5.75 Å². The molecule has 7 heteroatoms. The summed E-state index contributed by atoms with van der Waals surface area (Å²) in [4.78, 5) is 3.47. The van der Waals surface area contributed by atoms with Crippen LogP contribution in [-0.2, 0) is 12.8 Å². The highest BCUT2D eigenvalue weighted by Crippen LogP contribution is 2.31. The van der Waals surface area contributed by atoms with Crippen molar-refractivity contribution in [3.05, 3.63) is 44.9 Å². The van der Waals surface area contributed by atoms with Crippen LogP contribution in [0.15, 0.2) is 23.6 Å². The van der Waals surface area contributed by atoms with Crippen molar-refractivity contribution in [2.24, 2.45) is 0 Å². The highest BCUT2D eigenvalue weighted by molar-refractivity contribution is 7.09. The molecule has 0 aliphatic rings. The molecular weight excluding hydrogens is 299 g/mol. The zero-order valence-corrected chi connectivity index (χ0v) is 11.4. The molecule has 1 aromatic carbocycles. The molecule has 0 fully saturated rings. The minimum Gasteiger partial charge on any atom is -0.485 e. The number of rotatable bonds is 3. The summed E-state index contributed by atoms with van der Waals surface area (Å²) in [5, 5.41) is 1.65. The molecule has 0 spiro atoms. The van der Waals surface area contributed by atoms with Gasteiger partial charge in [0, 0.05) is 5.38 Å². The molecule has 0 radical (unpaired) electrons. The van der Waals surface area contributed by atoms with E-state index in [1.165, 1.54) is 0 Å². The van der Waals surface area contributed by atoms with Crippen LogP contribution in [0.2, 0.25) is 5.02 Å². The summed E-state index contributed by atoms with van der Waals surface area (Å²) in [6.45, 7) is 1.84. The first-order chi connectivity index (χ1) is 8.86. The standard InChI is InChI=1S/C12H9ClF3NOS/c1-7-2-3-9(8(13)4-7)18-5-11-17-10(6-19-11)12(14,15)16/h2-4,6H,5H2,1H3. The van der Waals surface area contributed by atoms with Gasteiger partial charge in [-0.1, -0.05) is 17.7 Å². The number of hydrogen-bond donors (Lipinski definition) is 0. The normalized spacial score (nSPS) is 11.6. The Balaban J connectivity index is 2.04. The maximum atomic E-state index is 12.4. The molecule has 0 aliphatic heterocycles. The summed E-state index contributed by atoms with van der Waals surface area (Å²) < 4.78 is 42.4. The Hall–Kier alpha value is -1.27. The van der Waals surface area contributed by atoms with E-state index in [1.807, 2.05) is 13.0 Å². The summed E-state index contributed by atoms with van der Waals surface area (Å²) in [6.07, 6.45) is -4.42. The van der Waals surface area contributed by atoms with E-state index in [-0.39, 0.29) is 11.6 Å². The van der Waals surface area contributed by atoms with Gasteiger partial charge in [-0.05, 0) is 24.6 Å². The van der Waals surface area contributed by atoms with Crippen molar-refractivity contribution >= 4 is 22.9 Å². The Labute approximate surface area is 116 Å². The van der Waals surface area contributed by atoms with Crippen LogP contribution in [0.5, 0.6) is 5.75 Å². The molecule has 0 atom stereocenters. The first-order valence-electron chi connectivity index (χ1n) is 5.27. The van der Waals surface area contributed by atoms with Crippen LogP contribution < -0.4 is 4.74 Å². The minimum absolute atomic E-state index is 0.0382. The lowest BCUT2D eigenvalue weighted by molar-refractivity contribution is -0.140. The second-order valence-corrected chi connectivity index (χ2v) is 5.20. The third-order valence-electron chi connectivity index (χ3n) is 2.28. The molecule has 0 saturated carbocycles. The number of nitrogens with zero attached hydrogens (tertiary/aromatic N) is 1. The van der Waals surface area contributed by atoms with Crippen molar-refractivity contribution < 1.29 is 17.9 Å². The van der Waals surface area contributed by atoms with Crippen LogP contribution in [0.25, 0.3) is 0 Å². The number of hydrogen-bond acceptors (Lipinski definition) is 3. The van der Waals surface area contributed by atoms with E-state index < -0.39 is 11.9 Å². The predicted molar refractivity (Wildman–Crippen MR) is 67.6 cm³/mol. The lowest BCUT2D eigenvalue weighted by Gasteiger charge is -2.06. The van der Waals surface area contributed by atoms with Gasteiger partial charge in [0.25, 0.3) is 0 Å². The molecule has 102 valence electrons. The molecule has 0 bridgehead atoms. The Bertz CT molecular complexity index is 583. The number of thiazole rings is 1. The van der Waals surface area contributed by atoms with Gasteiger partial charge < -0.3 is 4.74 Å². The van der Waals surface area contributed by atoms with E-state index >= 15 is 0 Å². The molecule has 0 amide bonds. The molecule has 0 saturated heterocycles. The quantitative estimate of drug-likeness (QED) is 0.820. The number of aromatic nitrogens is 1. The summed E-state index contributed by atoms with van der Waals surface area (Å²) >= 11 is 6.86. The molecule has 19 heavy (non-hydrogen) atoms. The first kappa shape index (κ1) is 14.1. The largest absolute Gasteiger partial charge is 0.485 e. The molecular formula is C12H9ClF3NOS. The molecule has 2 aromatic rings. The van der Waals surface area contributed by atoms with E-state index in [4.69, 9.17) is 16.3 Å². The Morgan fingerprint density at radius 3 is 2.68 bits per heavy atom. The second-order valence-electron chi connectivity index (χ2n) is 3.85. The van der Waals surface area contributed by atoms with E-state index in [9.17, 15) is 13.2 Å². The van der Waals surface area contributed by atoms with Gasteiger partial charge in [0.15, 0.2) is 5.69 Å². The van der Waals surface area contributed by atoms with Crippen molar-refractivity contribution in [2.75, 3.05) is 0 Å². The molecule has 0 N–H and O–H groups in total. The lowest BCUT2D eigenvalue weighted by atomic mass is 10.2. The number of ether oxygens (including phenoxy) is 1. The third-order valence-corrected chi connectivity index (χ3v) is 3.40. The van der Waals surface area contributed by atoms with Crippen molar-refractivity contribution in [2.45, 2.75) is 19.7 Å². The fourth-order valence-electron chi connectivity index (χ4n) is 1.37. The van der Waals surface area contributed by atoms with Crippen LogP contribution in [0.1, 0.15) is 16.3 Å². The SMILES string of the molecule is Cc1ccc(OCc2nc(C(F)(F)F)cs2)c(Cl)c1. The maximum absolute atomic E-state index is 12.4. The van der Waals surface area contributed by atoms with Gasteiger partial charge in [-0.25, -0.2) is 4.98 Å². The molecule has 2 nitrogen and oxygen atoms in total. The molecule has 1 aromatic heterocycles. The van der Waals surface area contributed by atoms with E-state index in [2.05, 4.69) is 4.98 Å². The van der Waals surface area contributed by atoms with Crippen LogP contribution in [0.4, 0.5) is 13.2 Å². The van der Waals surface area contributed by atoms with Crippen molar-refractivity contribution in [3.63, 3.8) is 0 Å². The van der Waals surface area contributed by atoms with Gasteiger partial charge in [0.2, 0.25) is 0 Å². The monoisotopic (exact) mass is 307 g/mol. The highest BCUT2D eigenvalue weighted by atomic mass is 35.5. The number of benzene rings is 1. The zero-order valence-electron chi connectivity index (χ0n) is 9.79. The smallest absolute Gasteiger partial charge is 0.434 e. The third kappa shape index (κ3) is 3.61. The van der Waals surface area contributed by atoms with Gasteiger partial charge in [-0.3, -0.25) is 0 Å². The average molecular weight is 308 g/mol. The molecule has 2 rings (SSSR count). The Morgan fingerprint density at radius 2 is 2.11 bits per heavy atom. The van der Waals surface area contributed by atoms with Crippen molar-refractivity contribution in [1.82, 2.24) is 4.98 Å². The van der Waals surface area contributed by atoms with Crippen LogP contribution >= 0.6 is 22.9 Å². The van der Waals surface area contributed by atoms with Gasteiger partial charge >= 0.3 is 6.18 Å². The zero-order chi connectivity index (χ0) is 14.0. The number of halogens is 4. The van der Waals surface area contributed by atoms with E-state index in [0.29, 0.717) is 10.8 Å². The number of aryl methyl sites for hydroxylation is 1. The van der Waals surface area contributed by atoms with Gasteiger partial charge in [0.1, 0.15) is 17.4 Å². The fourth-order valence-corrected chi connectivity index (χ4v) is 2.37. The summed E-state index contributed by atoms with van der Waals surface area (Å²) in [6, 6.07) is 5.21. The Kier molecular flexibility index (Phi) is 4.01. The Morgan fingerprint density at radius 1 is 1.37 bits per heavy atom. The van der Waals surface area contributed by atoms with Crippen LogP contribution in [0, 0.1) is 6.92 Å². The molecule has 0 unspecified atom stereocenters. The van der Waals surface area contributed by atoms with Gasteiger partial charge in [0.05, 0.1) is 5.02 Å². The topological polar surface area (TPSA) is 22.1 Å². The van der Waals surface area contributed by atoms with E-state index in [1.54, 1.807) is 12.1 Å². The van der Waals surface area contributed by atoms with Gasteiger partial charge in [-0.2, -0.15) is 13.2 Å². The van der Waals surface area contributed by atoms with Crippen LogP contribution in [0.3, 0.4) is 0 Å². The highest BCUT2D eigenvalue weighted by Gasteiger charge is 2.33. The summed E-state index contributed by atoms with van der Waals surface area (Å²) in [5.41, 5.74) is 0.0806. The lowest BCUT2D eigenvalue weighted by Crippen LogP contribution is -2.06. The molecule has 0 aliphatic carbocycles. The van der Waals surface area contributed by atoms with Crippen LogP contribution in [-0.4, -0.2) is 4.98 Å². The fraction of sp³-hybridized carbons (Fsp3) is 0.250. The van der Waals surface area contributed by atoms with Crippen molar-refractivity contribution in [1.29, 1.82) is 0 Å². The minimum atomic E-state index is -4.42. The van der Waals surface area contributed by atoms with Gasteiger partial charge in [-0.15, -0.1) is 11.3 Å². The average Bonchev–Trinajstić information content (AvgIpc) is 2.76. The molecule has 1 heterocycles. The first-order valence-corrected chi connectivity index (χ1v) is 6.52. The number of alkyl halides is 3. The second kappa shape index (κ2) is 5.38. The van der Waals surface area contributed by atoms with E-state index in [0.717, 1.165) is 22.3 Å². The summed E-state index contributed by atoms with van der Waals surface area (Å²) in [5.74, 6) is 0.427. The summed E-state index contributed by atoms with van der Waals surface area (Å²) in [7, 11) is 0. The predicted octanol–water partition coefficient (Wildman–Crippen LogP) is 4.70.